The van der Waals surface area contributed by atoms with Crippen LogP contribution in [0.4, 0.5) is 0 Å². The molecule has 1 rings (SSSR count). The molecule has 84 valence electrons. The summed E-state index contributed by atoms with van der Waals surface area (Å²) in [4.78, 5) is 2.17. The monoisotopic (exact) mass is 221 g/mol. The lowest BCUT2D eigenvalue weighted by molar-refractivity contribution is 0.211. The van der Waals surface area contributed by atoms with Gasteiger partial charge in [0, 0.05) is 26.2 Å². The highest BCUT2D eigenvalue weighted by Gasteiger charge is 2.22. The minimum absolute atomic E-state index is 0.216. The van der Waals surface area contributed by atoms with Gasteiger partial charge in [-0.15, -0.1) is 0 Å². The molecule has 1 unspecified atom stereocenters. The first-order valence-electron chi connectivity index (χ1n) is 5.07. The summed E-state index contributed by atoms with van der Waals surface area (Å²) in [6.45, 7) is 4.50. The molecule has 5 heteroatoms. The third-order valence-electron chi connectivity index (χ3n) is 2.63. The Bertz CT molecular complexity index is 249. The number of aliphatic hydroxyl groups is 1. The van der Waals surface area contributed by atoms with Crippen molar-refractivity contribution in [1.29, 1.82) is 0 Å². The van der Waals surface area contributed by atoms with Gasteiger partial charge in [-0.05, 0) is 12.3 Å². The van der Waals surface area contributed by atoms with E-state index < -0.39 is 9.84 Å². The Kier molecular flexibility index (Phi) is 4.34. The summed E-state index contributed by atoms with van der Waals surface area (Å²) in [5.74, 6) is 1.03. The zero-order chi connectivity index (χ0) is 10.6. The molecule has 0 radical (unpaired) electrons. The van der Waals surface area contributed by atoms with Crippen molar-refractivity contribution in [3.63, 3.8) is 0 Å². The normalized spacial score (nSPS) is 24.7. The molecule has 4 nitrogen and oxygen atoms in total. The van der Waals surface area contributed by atoms with Gasteiger partial charge >= 0.3 is 0 Å². The maximum atomic E-state index is 11.1. The second-order valence-electron chi connectivity index (χ2n) is 4.07. The quantitative estimate of drug-likeness (QED) is 0.710. The third-order valence-corrected chi connectivity index (χ3v) is 4.24. The van der Waals surface area contributed by atoms with Crippen LogP contribution in [-0.4, -0.2) is 56.2 Å². The predicted octanol–water partition coefficient (Wildman–Crippen LogP) is -0.265. The van der Waals surface area contributed by atoms with Crippen LogP contribution in [0.2, 0.25) is 0 Å². The molecule has 0 saturated carbocycles. The van der Waals surface area contributed by atoms with Gasteiger partial charge in [0.05, 0.1) is 11.5 Å². The minimum Gasteiger partial charge on any atom is -0.396 e. The molecule has 1 N–H and O–H groups in total. The Balaban J connectivity index is 2.29. The van der Waals surface area contributed by atoms with Crippen LogP contribution in [0.5, 0.6) is 0 Å². The van der Waals surface area contributed by atoms with E-state index in [1.54, 1.807) is 0 Å². The zero-order valence-electron chi connectivity index (χ0n) is 8.65. The van der Waals surface area contributed by atoms with Gasteiger partial charge in [0.1, 0.15) is 0 Å². The molecule has 1 saturated heterocycles. The fourth-order valence-electron chi connectivity index (χ4n) is 1.69. The van der Waals surface area contributed by atoms with Gasteiger partial charge in [0.15, 0.2) is 9.84 Å². The second kappa shape index (κ2) is 5.09. The molecule has 1 aliphatic rings. The fourth-order valence-corrected chi connectivity index (χ4v) is 2.96. The van der Waals surface area contributed by atoms with Crippen LogP contribution in [0.3, 0.4) is 0 Å². The maximum absolute atomic E-state index is 11.1. The summed E-state index contributed by atoms with van der Waals surface area (Å²) in [5, 5.41) is 8.73. The van der Waals surface area contributed by atoms with Gasteiger partial charge in [-0.25, -0.2) is 8.42 Å². The van der Waals surface area contributed by atoms with Crippen molar-refractivity contribution in [3.05, 3.63) is 0 Å². The van der Waals surface area contributed by atoms with Crippen LogP contribution in [0, 0.1) is 5.92 Å². The Morgan fingerprint density at radius 2 is 1.93 bits per heavy atom. The Labute approximate surface area is 85.8 Å². The molecule has 1 heterocycles. The summed E-state index contributed by atoms with van der Waals surface area (Å²) in [5.41, 5.74) is 0. The molecule has 0 aromatic heterocycles. The topological polar surface area (TPSA) is 57.6 Å². The van der Waals surface area contributed by atoms with Gasteiger partial charge in [-0.1, -0.05) is 6.92 Å². The van der Waals surface area contributed by atoms with Crippen molar-refractivity contribution in [2.75, 3.05) is 37.7 Å². The van der Waals surface area contributed by atoms with Crippen molar-refractivity contribution < 1.29 is 13.5 Å². The highest BCUT2D eigenvalue weighted by Crippen LogP contribution is 2.09. The highest BCUT2D eigenvalue weighted by atomic mass is 32.2. The van der Waals surface area contributed by atoms with Crippen LogP contribution in [0.25, 0.3) is 0 Å². The van der Waals surface area contributed by atoms with Gasteiger partial charge < -0.3 is 10.0 Å². The van der Waals surface area contributed by atoms with E-state index in [0.717, 1.165) is 13.0 Å². The average molecular weight is 221 g/mol. The van der Waals surface area contributed by atoms with Gasteiger partial charge in [-0.2, -0.15) is 0 Å². The average Bonchev–Trinajstić information content (AvgIpc) is 2.09. The van der Waals surface area contributed by atoms with Crippen LogP contribution >= 0.6 is 0 Å². The molecule has 0 aromatic rings. The van der Waals surface area contributed by atoms with E-state index in [1.807, 2.05) is 0 Å². The van der Waals surface area contributed by atoms with Crippen molar-refractivity contribution in [3.8, 4) is 0 Å². The first kappa shape index (κ1) is 11.9. The first-order chi connectivity index (χ1) is 6.53. The molecular weight excluding hydrogens is 202 g/mol. The number of aliphatic hydroxyl groups excluding tert-OH is 1. The van der Waals surface area contributed by atoms with E-state index in [0.29, 0.717) is 30.5 Å². The van der Waals surface area contributed by atoms with Crippen LogP contribution in [-0.2, 0) is 9.84 Å². The summed E-state index contributed by atoms with van der Waals surface area (Å²) in [6, 6.07) is 0. The molecule has 1 atom stereocenters. The van der Waals surface area contributed by atoms with E-state index in [1.165, 1.54) is 0 Å². The van der Waals surface area contributed by atoms with Crippen LogP contribution < -0.4 is 0 Å². The fraction of sp³-hybridized carbons (Fsp3) is 1.00. The Morgan fingerprint density at radius 3 is 2.43 bits per heavy atom. The van der Waals surface area contributed by atoms with Gasteiger partial charge in [0.2, 0.25) is 0 Å². The molecular formula is C9H19NO3S. The summed E-state index contributed by atoms with van der Waals surface area (Å²) in [6.07, 6.45) is 0.795. The lowest BCUT2D eigenvalue weighted by Gasteiger charge is -2.28. The molecule has 0 amide bonds. The highest BCUT2D eigenvalue weighted by molar-refractivity contribution is 7.91. The largest absolute Gasteiger partial charge is 0.396 e. The smallest absolute Gasteiger partial charge is 0.152 e. The Morgan fingerprint density at radius 1 is 1.36 bits per heavy atom. The Hall–Kier alpha value is -0.130. The summed E-state index contributed by atoms with van der Waals surface area (Å²) >= 11 is 0. The zero-order valence-corrected chi connectivity index (χ0v) is 9.46. The number of sulfone groups is 1. The van der Waals surface area contributed by atoms with E-state index in [2.05, 4.69) is 11.8 Å². The lowest BCUT2D eigenvalue weighted by Crippen LogP contribution is -2.42. The molecule has 1 aliphatic heterocycles. The summed E-state index contributed by atoms with van der Waals surface area (Å²) < 4.78 is 22.3. The number of hydrogen-bond donors (Lipinski definition) is 1. The van der Waals surface area contributed by atoms with Crippen molar-refractivity contribution in [1.82, 2.24) is 4.90 Å². The minimum atomic E-state index is -2.75. The van der Waals surface area contributed by atoms with E-state index in [9.17, 15) is 8.42 Å². The van der Waals surface area contributed by atoms with E-state index in [-0.39, 0.29) is 6.61 Å². The maximum Gasteiger partial charge on any atom is 0.152 e. The SMILES string of the molecule is CC(CCO)CN1CCS(=O)(=O)CC1. The van der Waals surface area contributed by atoms with E-state index in [4.69, 9.17) is 5.11 Å². The number of hydrogen-bond acceptors (Lipinski definition) is 4. The molecule has 0 aliphatic carbocycles. The van der Waals surface area contributed by atoms with Gasteiger partial charge in [-0.3, -0.25) is 0 Å². The number of nitrogens with zero attached hydrogens (tertiary/aromatic N) is 1. The predicted molar refractivity (Wildman–Crippen MR) is 56.0 cm³/mol. The molecule has 0 spiro atoms. The molecule has 0 aromatic carbocycles. The van der Waals surface area contributed by atoms with Crippen molar-refractivity contribution in [2.24, 2.45) is 5.92 Å². The first-order valence-corrected chi connectivity index (χ1v) is 6.89. The molecule has 0 bridgehead atoms. The van der Waals surface area contributed by atoms with Gasteiger partial charge in [0.25, 0.3) is 0 Å². The molecule has 14 heavy (non-hydrogen) atoms. The van der Waals surface area contributed by atoms with E-state index >= 15 is 0 Å². The summed E-state index contributed by atoms with van der Waals surface area (Å²) in [7, 11) is -2.75. The molecule has 1 fully saturated rings. The standard InChI is InChI=1S/C9H19NO3S/c1-9(2-5-11)8-10-3-6-14(12,13)7-4-10/h9,11H,2-8H2,1H3. The number of rotatable bonds is 4. The van der Waals surface area contributed by atoms with Crippen LogP contribution in [0.1, 0.15) is 13.3 Å². The van der Waals surface area contributed by atoms with Crippen molar-refractivity contribution >= 4 is 9.84 Å². The van der Waals surface area contributed by atoms with Crippen LogP contribution in [0.15, 0.2) is 0 Å². The second-order valence-corrected chi connectivity index (χ2v) is 6.37. The van der Waals surface area contributed by atoms with Crippen molar-refractivity contribution in [2.45, 2.75) is 13.3 Å². The lowest BCUT2D eigenvalue weighted by atomic mass is 10.1. The third kappa shape index (κ3) is 3.94.